The molecule has 5 nitrogen and oxygen atoms in total. The van der Waals surface area contributed by atoms with E-state index in [1.54, 1.807) is 0 Å². The molecule has 0 saturated carbocycles. The van der Waals surface area contributed by atoms with Crippen LogP contribution in [0.4, 0.5) is 4.79 Å². The molecule has 0 radical (unpaired) electrons. The van der Waals surface area contributed by atoms with E-state index in [4.69, 9.17) is 4.42 Å². The van der Waals surface area contributed by atoms with Gasteiger partial charge in [0.05, 0.1) is 11.6 Å². The topological polar surface area (TPSA) is 48.7 Å². The SMILES string of the molecule is C=CCN1C(=O)NCC12CCN1CCc3c(oc4ccccc34)C1C2. The first-order chi connectivity index (χ1) is 12.2. The van der Waals surface area contributed by atoms with Gasteiger partial charge in [0.2, 0.25) is 0 Å². The molecule has 1 aromatic carbocycles. The van der Waals surface area contributed by atoms with E-state index >= 15 is 0 Å². The molecule has 2 atom stereocenters. The van der Waals surface area contributed by atoms with Crippen molar-refractivity contribution < 1.29 is 9.21 Å². The Morgan fingerprint density at radius 2 is 2.24 bits per heavy atom. The van der Waals surface area contributed by atoms with Crippen LogP contribution in [0.1, 0.15) is 30.2 Å². The third kappa shape index (κ3) is 2.08. The van der Waals surface area contributed by atoms with Crippen LogP contribution in [0, 0.1) is 0 Å². The van der Waals surface area contributed by atoms with Crippen LogP contribution in [0.5, 0.6) is 0 Å². The van der Waals surface area contributed by atoms with Crippen molar-refractivity contribution in [2.24, 2.45) is 0 Å². The number of nitrogens with one attached hydrogen (secondary N) is 1. The number of carbonyl (C=O) groups excluding carboxylic acids is 1. The lowest BCUT2D eigenvalue weighted by molar-refractivity contribution is 0.0257. The summed E-state index contributed by atoms with van der Waals surface area (Å²) in [7, 11) is 0. The monoisotopic (exact) mass is 337 g/mol. The minimum atomic E-state index is -0.125. The smallest absolute Gasteiger partial charge is 0.318 e. The summed E-state index contributed by atoms with van der Waals surface area (Å²) in [6.07, 6.45) is 4.80. The van der Waals surface area contributed by atoms with Gasteiger partial charge in [0.25, 0.3) is 0 Å². The largest absolute Gasteiger partial charge is 0.459 e. The highest BCUT2D eigenvalue weighted by atomic mass is 16.3. The van der Waals surface area contributed by atoms with Gasteiger partial charge in [0.15, 0.2) is 0 Å². The van der Waals surface area contributed by atoms with Crippen molar-refractivity contribution in [3.8, 4) is 0 Å². The quantitative estimate of drug-likeness (QED) is 0.857. The number of furan rings is 1. The van der Waals surface area contributed by atoms with Gasteiger partial charge >= 0.3 is 6.03 Å². The van der Waals surface area contributed by atoms with Crippen molar-refractivity contribution in [1.29, 1.82) is 0 Å². The lowest BCUT2D eigenvalue weighted by atomic mass is 9.79. The van der Waals surface area contributed by atoms with Gasteiger partial charge in [-0.05, 0) is 25.3 Å². The molecule has 1 N–H and O–H groups in total. The summed E-state index contributed by atoms with van der Waals surface area (Å²) >= 11 is 0. The molecule has 130 valence electrons. The van der Waals surface area contributed by atoms with Gasteiger partial charge in [-0.1, -0.05) is 24.3 Å². The van der Waals surface area contributed by atoms with Gasteiger partial charge in [-0.3, -0.25) is 4.90 Å². The van der Waals surface area contributed by atoms with E-state index in [1.807, 2.05) is 17.0 Å². The van der Waals surface area contributed by atoms with Crippen LogP contribution in [0.2, 0.25) is 0 Å². The normalized spacial score (nSPS) is 28.9. The van der Waals surface area contributed by atoms with E-state index in [2.05, 4.69) is 35.0 Å². The zero-order valence-electron chi connectivity index (χ0n) is 14.3. The molecule has 2 aromatic rings. The minimum Gasteiger partial charge on any atom is -0.459 e. The fraction of sp³-hybridized carbons (Fsp3) is 0.450. The molecule has 2 fully saturated rings. The van der Waals surface area contributed by atoms with Gasteiger partial charge < -0.3 is 14.6 Å². The molecule has 25 heavy (non-hydrogen) atoms. The maximum atomic E-state index is 12.3. The average Bonchev–Trinajstić information content (AvgIpc) is 3.16. The Morgan fingerprint density at radius 3 is 3.12 bits per heavy atom. The summed E-state index contributed by atoms with van der Waals surface area (Å²) < 4.78 is 6.30. The van der Waals surface area contributed by atoms with Gasteiger partial charge in [-0.25, -0.2) is 4.79 Å². The van der Waals surface area contributed by atoms with Crippen LogP contribution in [0.3, 0.4) is 0 Å². The van der Waals surface area contributed by atoms with Crippen molar-refractivity contribution >= 4 is 17.0 Å². The molecule has 1 aromatic heterocycles. The molecule has 3 aliphatic heterocycles. The number of benzene rings is 1. The summed E-state index contributed by atoms with van der Waals surface area (Å²) in [5, 5.41) is 4.30. The second-order valence-electron chi connectivity index (χ2n) is 7.48. The van der Waals surface area contributed by atoms with E-state index in [-0.39, 0.29) is 17.6 Å². The zero-order valence-corrected chi connectivity index (χ0v) is 14.3. The molecule has 1 spiro atoms. The molecule has 2 saturated heterocycles. The number of hydrogen-bond donors (Lipinski definition) is 1. The lowest BCUT2D eigenvalue weighted by Crippen LogP contribution is -2.56. The van der Waals surface area contributed by atoms with Crippen molar-refractivity contribution in [3.63, 3.8) is 0 Å². The molecule has 3 aliphatic rings. The summed E-state index contributed by atoms with van der Waals surface area (Å²) in [5.41, 5.74) is 2.22. The van der Waals surface area contributed by atoms with Crippen LogP contribution >= 0.6 is 0 Å². The second-order valence-corrected chi connectivity index (χ2v) is 7.48. The maximum Gasteiger partial charge on any atom is 0.318 e. The summed E-state index contributed by atoms with van der Waals surface area (Å²) in [6, 6.07) is 8.62. The molecule has 2 unspecified atom stereocenters. The Labute approximate surface area is 147 Å². The Balaban J connectivity index is 1.55. The van der Waals surface area contributed by atoms with Crippen LogP contribution in [0.25, 0.3) is 11.0 Å². The van der Waals surface area contributed by atoms with Crippen LogP contribution in [-0.4, -0.2) is 47.5 Å². The standard InChI is InChI=1S/C20H23N3O2/c1-2-9-23-19(24)21-13-20(23)8-11-22-10-7-15-14-5-3-4-6-17(14)25-18(15)16(22)12-20/h2-6,16H,1,7-13H2,(H,21,24). The number of fused-ring (bicyclic) bond motifs is 5. The third-order valence-electron chi connectivity index (χ3n) is 6.26. The van der Waals surface area contributed by atoms with Crippen molar-refractivity contribution in [2.45, 2.75) is 30.8 Å². The van der Waals surface area contributed by atoms with Crippen molar-refractivity contribution in [2.75, 3.05) is 26.2 Å². The van der Waals surface area contributed by atoms with E-state index in [9.17, 15) is 4.79 Å². The Morgan fingerprint density at radius 1 is 1.36 bits per heavy atom. The molecule has 2 amide bonds. The summed E-state index contributed by atoms with van der Waals surface area (Å²) in [6.45, 7) is 7.23. The summed E-state index contributed by atoms with van der Waals surface area (Å²) in [5.74, 6) is 1.12. The highest BCUT2D eigenvalue weighted by molar-refractivity contribution is 5.83. The number of hydrogen-bond acceptors (Lipinski definition) is 3. The highest BCUT2D eigenvalue weighted by Gasteiger charge is 2.51. The molecular weight excluding hydrogens is 314 g/mol. The van der Waals surface area contributed by atoms with Crippen LogP contribution in [-0.2, 0) is 6.42 Å². The van der Waals surface area contributed by atoms with E-state index in [0.29, 0.717) is 6.54 Å². The lowest BCUT2D eigenvalue weighted by Gasteiger charge is -2.48. The Kier molecular flexibility index (Phi) is 3.22. The number of urea groups is 1. The average molecular weight is 337 g/mol. The molecular formula is C20H23N3O2. The maximum absolute atomic E-state index is 12.3. The van der Waals surface area contributed by atoms with E-state index in [0.717, 1.165) is 50.2 Å². The number of para-hydroxylation sites is 1. The number of piperidine rings is 1. The van der Waals surface area contributed by atoms with E-state index < -0.39 is 0 Å². The molecule has 5 rings (SSSR count). The number of amides is 2. The molecule has 0 bridgehead atoms. The van der Waals surface area contributed by atoms with Crippen molar-refractivity contribution in [3.05, 3.63) is 48.2 Å². The number of rotatable bonds is 2. The fourth-order valence-electron chi connectivity index (χ4n) is 4.98. The zero-order chi connectivity index (χ0) is 17.0. The van der Waals surface area contributed by atoms with E-state index in [1.165, 1.54) is 10.9 Å². The van der Waals surface area contributed by atoms with Gasteiger partial charge in [-0.15, -0.1) is 6.58 Å². The van der Waals surface area contributed by atoms with Gasteiger partial charge in [-0.2, -0.15) is 0 Å². The Bertz CT molecular complexity index is 858. The molecule has 5 heteroatoms. The third-order valence-corrected chi connectivity index (χ3v) is 6.26. The molecule has 4 heterocycles. The highest BCUT2D eigenvalue weighted by Crippen LogP contribution is 2.46. The fourth-order valence-corrected chi connectivity index (χ4v) is 4.98. The van der Waals surface area contributed by atoms with Crippen LogP contribution < -0.4 is 5.32 Å². The minimum absolute atomic E-state index is 0.0361. The van der Waals surface area contributed by atoms with Crippen molar-refractivity contribution in [1.82, 2.24) is 15.1 Å². The predicted molar refractivity (Wildman–Crippen MR) is 96.5 cm³/mol. The number of nitrogens with zero attached hydrogens (tertiary/aromatic N) is 2. The molecule has 0 aliphatic carbocycles. The van der Waals surface area contributed by atoms with Gasteiger partial charge in [0, 0.05) is 37.1 Å². The Hall–Kier alpha value is -2.27. The predicted octanol–water partition coefficient (Wildman–Crippen LogP) is 3.08. The first kappa shape index (κ1) is 15.0. The number of carbonyl (C=O) groups is 1. The second kappa shape index (κ2) is 5.36. The van der Waals surface area contributed by atoms with Crippen LogP contribution in [0.15, 0.2) is 41.3 Å². The first-order valence-corrected chi connectivity index (χ1v) is 9.13. The first-order valence-electron chi connectivity index (χ1n) is 9.13. The van der Waals surface area contributed by atoms with Gasteiger partial charge in [0.1, 0.15) is 11.3 Å². The summed E-state index contributed by atoms with van der Waals surface area (Å²) in [4.78, 5) is 16.8.